The Kier molecular flexibility index (Phi) is 6.51. The molecule has 140 valence electrons. The van der Waals surface area contributed by atoms with Gasteiger partial charge < -0.3 is 24.8 Å². The van der Waals surface area contributed by atoms with E-state index < -0.39 is 6.10 Å². The maximum atomic E-state index is 10.2. The minimum atomic E-state index is -0.399. The Labute approximate surface area is 146 Å². The van der Waals surface area contributed by atoms with Crippen LogP contribution in [0.15, 0.2) is 0 Å². The molecule has 1 saturated carbocycles. The number of piperidine rings is 1. The van der Waals surface area contributed by atoms with Gasteiger partial charge in [-0.25, -0.2) is 0 Å². The third-order valence-electron chi connectivity index (χ3n) is 6.25. The largest absolute Gasteiger partial charge is 0.389 e. The third kappa shape index (κ3) is 4.29. The van der Waals surface area contributed by atoms with Gasteiger partial charge in [-0.05, 0) is 57.7 Å². The van der Waals surface area contributed by atoms with Crippen LogP contribution >= 0.6 is 0 Å². The van der Waals surface area contributed by atoms with E-state index in [4.69, 9.17) is 9.47 Å². The lowest BCUT2D eigenvalue weighted by atomic mass is 9.71. The number of fused-ring (bicyclic) bond motifs is 1. The Morgan fingerprint density at radius 3 is 2.67 bits per heavy atom. The Morgan fingerprint density at radius 1 is 1.25 bits per heavy atom. The van der Waals surface area contributed by atoms with Crippen LogP contribution in [0.3, 0.4) is 0 Å². The van der Waals surface area contributed by atoms with Crippen molar-refractivity contribution in [2.45, 2.75) is 63.1 Å². The molecular weight excluding hydrogens is 306 g/mol. The second-order valence-electron chi connectivity index (χ2n) is 7.92. The summed E-state index contributed by atoms with van der Waals surface area (Å²) in [5.41, 5.74) is 0. The predicted octanol–water partition coefficient (Wildman–Crippen LogP) is 0.407. The summed E-state index contributed by atoms with van der Waals surface area (Å²) in [6.07, 6.45) is 4.61. The summed E-state index contributed by atoms with van der Waals surface area (Å²) < 4.78 is 11.8. The molecule has 1 aliphatic carbocycles. The highest BCUT2D eigenvalue weighted by Gasteiger charge is 2.43. The number of hydrogen-bond donors (Lipinski definition) is 3. The van der Waals surface area contributed by atoms with Crippen molar-refractivity contribution in [1.82, 2.24) is 15.5 Å². The van der Waals surface area contributed by atoms with Crippen LogP contribution in [-0.4, -0.2) is 80.9 Å². The molecule has 0 spiro atoms. The van der Waals surface area contributed by atoms with Crippen LogP contribution in [0.2, 0.25) is 0 Å². The van der Waals surface area contributed by atoms with Gasteiger partial charge in [-0.2, -0.15) is 0 Å². The van der Waals surface area contributed by atoms with Crippen LogP contribution in [0, 0.1) is 11.8 Å². The SMILES string of the molecule is CNC1CC(C)C2CC(OC)C(OCC(O)CN3CCC3)CC2N1. The Hall–Kier alpha value is -0.240. The van der Waals surface area contributed by atoms with Crippen molar-refractivity contribution in [1.29, 1.82) is 0 Å². The quantitative estimate of drug-likeness (QED) is 0.623. The first-order chi connectivity index (χ1) is 11.6. The van der Waals surface area contributed by atoms with Gasteiger partial charge >= 0.3 is 0 Å². The van der Waals surface area contributed by atoms with Gasteiger partial charge in [0.05, 0.1) is 31.1 Å². The first-order valence-corrected chi connectivity index (χ1v) is 9.58. The van der Waals surface area contributed by atoms with Gasteiger partial charge in [-0.3, -0.25) is 5.32 Å². The average molecular weight is 341 g/mol. The molecule has 3 rings (SSSR count). The number of nitrogens with zero attached hydrogens (tertiary/aromatic N) is 1. The molecule has 6 nitrogen and oxygen atoms in total. The van der Waals surface area contributed by atoms with E-state index in [1.54, 1.807) is 7.11 Å². The molecule has 24 heavy (non-hydrogen) atoms. The molecule has 2 aliphatic heterocycles. The third-order valence-corrected chi connectivity index (χ3v) is 6.25. The Balaban J connectivity index is 1.52. The van der Waals surface area contributed by atoms with Crippen LogP contribution in [0.25, 0.3) is 0 Å². The fourth-order valence-electron chi connectivity index (χ4n) is 4.63. The van der Waals surface area contributed by atoms with Gasteiger partial charge in [-0.1, -0.05) is 6.92 Å². The molecule has 0 aromatic heterocycles. The number of hydrogen-bond acceptors (Lipinski definition) is 6. The second kappa shape index (κ2) is 8.43. The molecule has 7 unspecified atom stereocenters. The number of methoxy groups -OCH3 is 1. The number of likely N-dealkylation sites (tertiary alicyclic amines) is 1. The summed E-state index contributed by atoms with van der Waals surface area (Å²) in [5.74, 6) is 1.33. The first kappa shape index (κ1) is 18.5. The number of aliphatic hydroxyl groups is 1. The molecule has 2 heterocycles. The van der Waals surface area contributed by atoms with E-state index in [9.17, 15) is 5.11 Å². The molecule has 0 amide bonds. The molecular formula is C18H35N3O3. The van der Waals surface area contributed by atoms with Crippen molar-refractivity contribution in [3.63, 3.8) is 0 Å². The molecule has 3 N–H and O–H groups in total. The molecule has 3 aliphatic rings. The normalized spacial score (nSPS) is 41.5. The topological polar surface area (TPSA) is 66.0 Å². The minimum Gasteiger partial charge on any atom is -0.389 e. The molecule has 0 bridgehead atoms. The van der Waals surface area contributed by atoms with E-state index in [0.29, 0.717) is 30.7 Å². The smallest absolute Gasteiger partial charge is 0.0900 e. The fourth-order valence-corrected chi connectivity index (χ4v) is 4.63. The predicted molar refractivity (Wildman–Crippen MR) is 93.9 cm³/mol. The highest BCUT2D eigenvalue weighted by atomic mass is 16.5. The van der Waals surface area contributed by atoms with Gasteiger partial charge in [0.1, 0.15) is 0 Å². The lowest BCUT2D eigenvalue weighted by Gasteiger charge is -2.48. The summed E-state index contributed by atoms with van der Waals surface area (Å²) in [5, 5.41) is 17.3. The number of nitrogens with one attached hydrogen (secondary N) is 2. The lowest BCUT2D eigenvalue weighted by Crippen LogP contribution is -2.60. The Bertz CT molecular complexity index is 394. The summed E-state index contributed by atoms with van der Waals surface area (Å²) >= 11 is 0. The first-order valence-electron chi connectivity index (χ1n) is 9.58. The number of aliphatic hydroxyl groups excluding tert-OH is 1. The molecule has 3 fully saturated rings. The van der Waals surface area contributed by atoms with Crippen LogP contribution < -0.4 is 10.6 Å². The van der Waals surface area contributed by atoms with E-state index in [2.05, 4.69) is 22.5 Å². The second-order valence-corrected chi connectivity index (χ2v) is 7.92. The van der Waals surface area contributed by atoms with Crippen molar-refractivity contribution in [3.05, 3.63) is 0 Å². The molecule has 0 aromatic rings. The van der Waals surface area contributed by atoms with Gasteiger partial charge in [0.2, 0.25) is 0 Å². The Morgan fingerprint density at radius 2 is 2.04 bits per heavy atom. The van der Waals surface area contributed by atoms with Crippen molar-refractivity contribution >= 4 is 0 Å². The van der Waals surface area contributed by atoms with Gasteiger partial charge in [0, 0.05) is 19.7 Å². The number of rotatable bonds is 7. The van der Waals surface area contributed by atoms with Crippen molar-refractivity contribution < 1.29 is 14.6 Å². The highest BCUT2D eigenvalue weighted by molar-refractivity contribution is 4.97. The molecule has 6 heteroatoms. The minimum absolute atomic E-state index is 0.0672. The number of ether oxygens (including phenoxy) is 2. The van der Waals surface area contributed by atoms with Gasteiger partial charge in [0.25, 0.3) is 0 Å². The van der Waals surface area contributed by atoms with Crippen molar-refractivity contribution in [3.8, 4) is 0 Å². The molecule has 2 saturated heterocycles. The van der Waals surface area contributed by atoms with E-state index in [0.717, 1.165) is 38.9 Å². The average Bonchev–Trinajstić information content (AvgIpc) is 2.55. The van der Waals surface area contributed by atoms with E-state index in [1.165, 1.54) is 6.42 Å². The molecule has 7 atom stereocenters. The maximum Gasteiger partial charge on any atom is 0.0900 e. The molecule has 0 radical (unpaired) electrons. The van der Waals surface area contributed by atoms with Crippen LogP contribution in [0.1, 0.15) is 32.6 Å². The zero-order valence-corrected chi connectivity index (χ0v) is 15.4. The fraction of sp³-hybridized carbons (Fsp3) is 1.00. The standard InChI is InChI=1S/C18H35N3O3/c1-12-7-18(19-2)20-15-9-17(16(23-3)8-14(12)15)24-11-13(22)10-21-5-4-6-21/h12-20,22H,4-11H2,1-3H3. The monoisotopic (exact) mass is 341 g/mol. The van der Waals surface area contributed by atoms with Crippen LogP contribution in [0.5, 0.6) is 0 Å². The van der Waals surface area contributed by atoms with E-state index in [-0.39, 0.29) is 12.2 Å². The van der Waals surface area contributed by atoms with E-state index >= 15 is 0 Å². The van der Waals surface area contributed by atoms with Crippen molar-refractivity contribution in [2.75, 3.05) is 40.4 Å². The summed E-state index contributed by atoms with van der Waals surface area (Å²) in [6, 6.07) is 0.468. The van der Waals surface area contributed by atoms with Gasteiger partial charge in [0.15, 0.2) is 0 Å². The van der Waals surface area contributed by atoms with E-state index in [1.807, 2.05) is 7.05 Å². The van der Waals surface area contributed by atoms with Crippen molar-refractivity contribution in [2.24, 2.45) is 11.8 Å². The summed E-state index contributed by atoms with van der Waals surface area (Å²) in [4.78, 5) is 2.28. The summed E-state index contributed by atoms with van der Waals surface area (Å²) in [6.45, 7) is 5.71. The summed E-state index contributed by atoms with van der Waals surface area (Å²) in [7, 11) is 3.81. The lowest BCUT2D eigenvalue weighted by molar-refractivity contribution is -0.125. The van der Waals surface area contributed by atoms with Crippen LogP contribution in [-0.2, 0) is 9.47 Å². The van der Waals surface area contributed by atoms with Crippen LogP contribution in [0.4, 0.5) is 0 Å². The number of β-amino-alcohol motifs (C(OH)–C–C–N with tert-alkyl or cyclic N) is 1. The molecule has 0 aromatic carbocycles. The van der Waals surface area contributed by atoms with Gasteiger partial charge in [-0.15, -0.1) is 0 Å². The maximum absolute atomic E-state index is 10.2. The zero-order valence-electron chi connectivity index (χ0n) is 15.4. The highest BCUT2D eigenvalue weighted by Crippen LogP contribution is 2.38. The zero-order chi connectivity index (χ0) is 17.1.